The molecule has 1 aliphatic heterocycles. The largest absolute Gasteiger partial charge is 0.497 e. The highest BCUT2D eigenvalue weighted by Gasteiger charge is 2.33. The van der Waals surface area contributed by atoms with E-state index in [1.165, 1.54) is 28.0 Å². The Balaban J connectivity index is 1.90. The second-order valence-electron chi connectivity index (χ2n) is 7.42. The molecule has 9 nitrogen and oxygen atoms in total. The average Bonchev–Trinajstić information content (AvgIpc) is 3.13. The maximum absolute atomic E-state index is 13.5. The summed E-state index contributed by atoms with van der Waals surface area (Å²) in [4.78, 5) is 41.8. The lowest BCUT2D eigenvalue weighted by Crippen LogP contribution is -2.39. The lowest BCUT2D eigenvalue weighted by molar-refractivity contribution is -0.384. The van der Waals surface area contributed by atoms with Crippen LogP contribution < -0.4 is 19.6 Å². The normalized spacial score (nSPS) is 15.5. The monoisotopic (exact) mass is 479 g/mol. The molecule has 1 unspecified atom stereocenters. The van der Waals surface area contributed by atoms with Crippen LogP contribution in [0.2, 0.25) is 0 Å². The lowest BCUT2D eigenvalue weighted by Gasteiger charge is -2.24. The number of aromatic nitrogens is 1. The topological polar surface area (TPSA) is 113 Å². The summed E-state index contributed by atoms with van der Waals surface area (Å²) >= 11 is 1.19. The van der Waals surface area contributed by atoms with E-state index in [2.05, 4.69) is 4.99 Å². The lowest BCUT2D eigenvalue weighted by atomic mass is 9.96. The van der Waals surface area contributed by atoms with Crippen LogP contribution in [0, 0.1) is 10.1 Å². The first-order valence-corrected chi connectivity index (χ1v) is 11.2. The van der Waals surface area contributed by atoms with E-state index in [9.17, 15) is 19.7 Å². The first-order valence-electron chi connectivity index (χ1n) is 10.4. The van der Waals surface area contributed by atoms with Crippen LogP contribution in [0.25, 0.3) is 6.08 Å². The van der Waals surface area contributed by atoms with Crippen LogP contribution in [0.4, 0.5) is 5.69 Å². The molecule has 10 heteroatoms. The SMILES string of the molecule is CCOC(=O)C1=C(C)N=c2sc(=Cc3ccc([N+](=O)[O-])cc3)c(=O)n2C1c1ccc(OC)cc1. The number of benzene rings is 2. The van der Waals surface area contributed by atoms with Gasteiger partial charge >= 0.3 is 5.97 Å². The Morgan fingerprint density at radius 2 is 1.88 bits per heavy atom. The first-order chi connectivity index (χ1) is 16.3. The van der Waals surface area contributed by atoms with Crippen molar-refractivity contribution in [2.75, 3.05) is 13.7 Å². The van der Waals surface area contributed by atoms with Gasteiger partial charge in [-0.2, -0.15) is 0 Å². The summed E-state index contributed by atoms with van der Waals surface area (Å²) < 4.78 is 12.4. The molecule has 0 bridgehead atoms. The molecule has 34 heavy (non-hydrogen) atoms. The highest BCUT2D eigenvalue weighted by Crippen LogP contribution is 2.31. The molecule has 0 radical (unpaired) electrons. The van der Waals surface area contributed by atoms with Crippen molar-refractivity contribution in [2.24, 2.45) is 4.99 Å². The minimum Gasteiger partial charge on any atom is -0.497 e. The fraction of sp³-hybridized carbons (Fsp3) is 0.208. The highest BCUT2D eigenvalue weighted by molar-refractivity contribution is 7.07. The van der Waals surface area contributed by atoms with Crippen molar-refractivity contribution in [1.82, 2.24) is 4.57 Å². The van der Waals surface area contributed by atoms with Gasteiger partial charge in [0.05, 0.1) is 40.5 Å². The van der Waals surface area contributed by atoms with Gasteiger partial charge in [-0.1, -0.05) is 23.5 Å². The number of hydrogen-bond acceptors (Lipinski definition) is 8. The first kappa shape index (κ1) is 23.1. The predicted octanol–water partition coefficient (Wildman–Crippen LogP) is 2.72. The molecule has 0 saturated carbocycles. The molecule has 0 fully saturated rings. The molecule has 0 N–H and O–H groups in total. The molecule has 0 saturated heterocycles. The third kappa shape index (κ3) is 4.27. The number of fused-ring (bicyclic) bond motifs is 1. The molecule has 2 heterocycles. The van der Waals surface area contributed by atoms with Gasteiger partial charge in [0.15, 0.2) is 4.80 Å². The van der Waals surface area contributed by atoms with Crippen molar-refractivity contribution in [3.8, 4) is 5.75 Å². The van der Waals surface area contributed by atoms with Gasteiger partial charge in [-0.25, -0.2) is 9.79 Å². The predicted molar refractivity (Wildman–Crippen MR) is 126 cm³/mol. The quantitative estimate of drug-likeness (QED) is 0.305. The van der Waals surface area contributed by atoms with Gasteiger partial charge in [0.1, 0.15) is 5.75 Å². The van der Waals surface area contributed by atoms with E-state index in [0.717, 1.165) is 0 Å². The number of thiazole rings is 1. The molecule has 3 aromatic rings. The van der Waals surface area contributed by atoms with Crippen molar-refractivity contribution in [3.63, 3.8) is 0 Å². The number of non-ortho nitro benzene ring substituents is 1. The van der Waals surface area contributed by atoms with E-state index >= 15 is 0 Å². The third-order valence-corrected chi connectivity index (χ3v) is 6.33. The van der Waals surface area contributed by atoms with E-state index < -0.39 is 16.9 Å². The van der Waals surface area contributed by atoms with Crippen LogP contribution in [-0.2, 0) is 9.53 Å². The van der Waals surface area contributed by atoms with Crippen molar-refractivity contribution >= 4 is 29.1 Å². The molecule has 0 amide bonds. The van der Waals surface area contributed by atoms with Gasteiger partial charge in [0.2, 0.25) is 0 Å². The molecule has 1 aliphatic rings. The van der Waals surface area contributed by atoms with Crippen LogP contribution in [0.15, 0.2) is 69.6 Å². The van der Waals surface area contributed by atoms with E-state index in [1.807, 2.05) is 0 Å². The van der Waals surface area contributed by atoms with Gasteiger partial charge in [-0.15, -0.1) is 0 Å². The minimum atomic E-state index is -0.722. The summed E-state index contributed by atoms with van der Waals surface area (Å²) in [6.45, 7) is 3.63. The number of nitro groups is 1. The summed E-state index contributed by atoms with van der Waals surface area (Å²) in [6.07, 6.45) is 1.65. The number of carbonyl (C=O) groups is 1. The van der Waals surface area contributed by atoms with Gasteiger partial charge in [-0.05, 0) is 55.3 Å². The summed E-state index contributed by atoms with van der Waals surface area (Å²) in [5.74, 6) is 0.113. The highest BCUT2D eigenvalue weighted by atomic mass is 32.1. The number of rotatable bonds is 6. The van der Waals surface area contributed by atoms with Crippen LogP contribution in [0.1, 0.15) is 31.0 Å². The molecule has 174 valence electrons. The maximum Gasteiger partial charge on any atom is 0.338 e. The van der Waals surface area contributed by atoms with Gasteiger partial charge in [-0.3, -0.25) is 19.5 Å². The number of allylic oxidation sites excluding steroid dienone is 1. The minimum absolute atomic E-state index is 0.0344. The second kappa shape index (κ2) is 9.44. The van der Waals surface area contributed by atoms with Crippen LogP contribution in [0.5, 0.6) is 5.75 Å². The number of ether oxygens (including phenoxy) is 2. The molecule has 2 aromatic carbocycles. The number of methoxy groups -OCH3 is 1. The summed E-state index contributed by atoms with van der Waals surface area (Å²) in [7, 11) is 1.56. The molecule has 4 rings (SSSR count). The number of nitrogens with zero attached hydrogens (tertiary/aromatic N) is 3. The van der Waals surface area contributed by atoms with Gasteiger partial charge in [0.25, 0.3) is 11.2 Å². The Bertz CT molecular complexity index is 1470. The summed E-state index contributed by atoms with van der Waals surface area (Å²) in [5.41, 5.74) is 1.76. The Kier molecular flexibility index (Phi) is 6.42. The Labute approximate surface area is 198 Å². The third-order valence-electron chi connectivity index (χ3n) is 5.35. The van der Waals surface area contributed by atoms with Crippen molar-refractivity contribution in [2.45, 2.75) is 19.9 Å². The smallest absolute Gasteiger partial charge is 0.338 e. The molecule has 0 aliphatic carbocycles. The Hall–Kier alpha value is -4.05. The van der Waals surface area contributed by atoms with E-state index in [4.69, 9.17) is 9.47 Å². The van der Waals surface area contributed by atoms with E-state index in [0.29, 0.717) is 37.5 Å². The van der Waals surface area contributed by atoms with Gasteiger partial charge in [0, 0.05) is 12.1 Å². The summed E-state index contributed by atoms with van der Waals surface area (Å²) in [6, 6.07) is 12.3. The molecule has 1 aromatic heterocycles. The second-order valence-corrected chi connectivity index (χ2v) is 8.43. The van der Waals surface area contributed by atoms with Crippen LogP contribution >= 0.6 is 11.3 Å². The Morgan fingerprint density at radius 3 is 2.47 bits per heavy atom. The zero-order chi connectivity index (χ0) is 24.4. The number of carbonyl (C=O) groups excluding carboxylic acids is 1. The summed E-state index contributed by atoms with van der Waals surface area (Å²) in [5, 5.41) is 10.9. The Morgan fingerprint density at radius 1 is 1.21 bits per heavy atom. The number of nitro benzene ring substituents is 1. The van der Waals surface area contributed by atoms with Crippen LogP contribution in [0.3, 0.4) is 0 Å². The standard InChI is InChI=1S/C24H21N3O6S/c1-4-33-23(29)20-14(2)25-24-26(21(20)16-7-11-18(32-3)12-8-16)22(28)19(34-24)13-15-5-9-17(10-6-15)27(30)31/h5-13,21H,4H2,1-3H3. The average molecular weight is 480 g/mol. The van der Waals surface area contributed by atoms with Crippen molar-refractivity contribution in [1.29, 1.82) is 0 Å². The van der Waals surface area contributed by atoms with Crippen molar-refractivity contribution in [3.05, 3.63) is 101 Å². The zero-order valence-electron chi connectivity index (χ0n) is 18.7. The zero-order valence-corrected chi connectivity index (χ0v) is 19.5. The molecular formula is C24H21N3O6S. The fourth-order valence-corrected chi connectivity index (χ4v) is 4.78. The maximum atomic E-state index is 13.5. The molecule has 0 spiro atoms. The van der Waals surface area contributed by atoms with E-state index in [-0.39, 0.29) is 17.9 Å². The number of esters is 1. The molecular weight excluding hydrogens is 458 g/mol. The fourth-order valence-electron chi connectivity index (χ4n) is 3.74. The molecule has 1 atom stereocenters. The number of hydrogen-bond donors (Lipinski definition) is 0. The van der Waals surface area contributed by atoms with Gasteiger partial charge < -0.3 is 9.47 Å². The van der Waals surface area contributed by atoms with Crippen LogP contribution in [-0.4, -0.2) is 29.2 Å². The van der Waals surface area contributed by atoms with E-state index in [1.54, 1.807) is 63.4 Å². The van der Waals surface area contributed by atoms with Crippen molar-refractivity contribution < 1.29 is 19.2 Å².